The topological polar surface area (TPSA) is 87.3 Å². The van der Waals surface area contributed by atoms with Gasteiger partial charge in [0.05, 0.1) is 12.5 Å². The zero-order chi connectivity index (χ0) is 22.1. The minimum absolute atomic E-state index is 0.143. The summed E-state index contributed by atoms with van der Waals surface area (Å²) in [6, 6.07) is 11.0. The maximum Gasteiger partial charge on any atom is 0.248 e. The van der Waals surface area contributed by atoms with Crippen LogP contribution in [0.25, 0.3) is 0 Å². The summed E-state index contributed by atoms with van der Waals surface area (Å²) in [6.07, 6.45) is 0.442. The fourth-order valence-corrected chi connectivity index (χ4v) is 2.76. The molecule has 0 radical (unpaired) electrons. The van der Waals surface area contributed by atoms with Crippen molar-refractivity contribution < 1.29 is 23.2 Å². The third-order valence-electron chi connectivity index (χ3n) is 4.40. The summed E-state index contributed by atoms with van der Waals surface area (Å²) in [6.45, 7) is 3.61. The van der Waals surface area contributed by atoms with E-state index in [1.165, 1.54) is 6.92 Å². The highest BCUT2D eigenvalue weighted by Gasteiger charge is 2.21. The van der Waals surface area contributed by atoms with Gasteiger partial charge in [0.25, 0.3) is 0 Å². The number of hydrogen-bond donors (Lipinski definition) is 3. The fourth-order valence-electron chi connectivity index (χ4n) is 2.76. The Kier molecular flexibility index (Phi) is 8.61. The zero-order valence-corrected chi connectivity index (χ0v) is 16.9. The van der Waals surface area contributed by atoms with Gasteiger partial charge in [0, 0.05) is 6.07 Å². The van der Waals surface area contributed by atoms with Crippen LogP contribution >= 0.6 is 0 Å². The molecule has 2 aromatic rings. The van der Waals surface area contributed by atoms with Crippen molar-refractivity contribution in [2.45, 2.75) is 38.8 Å². The molecule has 0 aliphatic heterocycles. The van der Waals surface area contributed by atoms with Crippen LogP contribution in [0.4, 0.5) is 8.78 Å². The van der Waals surface area contributed by atoms with E-state index < -0.39 is 41.4 Å². The second kappa shape index (κ2) is 11.2. The van der Waals surface area contributed by atoms with Crippen LogP contribution in [0.2, 0.25) is 0 Å². The minimum Gasteiger partial charge on any atom is -0.344 e. The summed E-state index contributed by atoms with van der Waals surface area (Å²) in [5, 5.41) is 7.68. The Morgan fingerprint density at radius 2 is 1.47 bits per heavy atom. The Balaban J connectivity index is 1.75. The summed E-state index contributed by atoms with van der Waals surface area (Å²) >= 11 is 0. The molecule has 2 rings (SSSR count). The molecule has 3 N–H and O–H groups in total. The first kappa shape index (κ1) is 23.2. The molecular weight excluding hydrogens is 392 g/mol. The molecule has 0 heterocycles. The molecule has 0 saturated carbocycles. The normalized spacial score (nSPS) is 12.7. The Hall–Kier alpha value is -3.13. The van der Waals surface area contributed by atoms with Crippen LogP contribution < -0.4 is 16.0 Å². The van der Waals surface area contributed by atoms with Gasteiger partial charge in [0.15, 0.2) is 0 Å². The predicted octanol–water partition coefficient (Wildman–Crippen LogP) is 1.88. The van der Waals surface area contributed by atoms with Crippen molar-refractivity contribution in [1.29, 1.82) is 0 Å². The van der Waals surface area contributed by atoms with E-state index in [9.17, 15) is 23.2 Å². The average Bonchev–Trinajstić information content (AvgIpc) is 2.67. The van der Waals surface area contributed by atoms with E-state index in [4.69, 9.17) is 0 Å². The molecule has 0 bridgehead atoms. The van der Waals surface area contributed by atoms with Crippen molar-refractivity contribution in [3.63, 3.8) is 0 Å². The van der Waals surface area contributed by atoms with Crippen molar-refractivity contribution in [3.05, 3.63) is 71.3 Å². The smallest absolute Gasteiger partial charge is 0.248 e. The molecule has 2 atom stereocenters. The van der Waals surface area contributed by atoms with E-state index in [1.807, 2.05) is 30.3 Å². The van der Waals surface area contributed by atoms with E-state index in [0.29, 0.717) is 12.6 Å². The molecule has 0 aromatic heterocycles. The van der Waals surface area contributed by atoms with Gasteiger partial charge in [-0.3, -0.25) is 19.7 Å². The number of hydrogen-bond acceptors (Lipinski definition) is 4. The number of halogens is 2. The summed E-state index contributed by atoms with van der Waals surface area (Å²) < 4.78 is 26.4. The third-order valence-corrected chi connectivity index (χ3v) is 4.40. The Labute approximate surface area is 174 Å². The molecule has 0 saturated heterocycles. The van der Waals surface area contributed by atoms with Crippen molar-refractivity contribution in [3.8, 4) is 0 Å². The van der Waals surface area contributed by atoms with Gasteiger partial charge in [-0.25, -0.2) is 8.78 Å². The predicted molar refractivity (Wildman–Crippen MR) is 108 cm³/mol. The summed E-state index contributed by atoms with van der Waals surface area (Å²) in [5.74, 6) is -3.35. The monoisotopic (exact) mass is 417 g/mol. The number of amides is 3. The third kappa shape index (κ3) is 7.71. The standard InChI is InChI=1S/C22H25F2N3O3/c1-14(25-9-8-16-6-4-3-5-7-16)21(29)27-22(30)15(2)26-20(28)12-17-10-18(23)13-19(24)11-17/h3-7,10-11,13-15,25H,8-9,12H2,1-2H3,(H,26,28)(H,27,29,30)/t14-,15-/m0/s1. The Morgan fingerprint density at radius 3 is 2.10 bits per heavy atom. The largest absolute Gasteiger partial charge is 0.344 e. The van der Waals surface area contributed by atoms with Gasteiger partial charge in [0.2, 0.25) is 17.7 Å². The molecule has 8 heteroatoms. The maximum atomic E-state index is 13.2. The van der Waals surface area contributed by atoms with E-state index in [-0.39, 0.29) is 12.0 Å². The number of carbonyl (C=O) groups excluding carboxylic acids is 3. The van der Waals surface area contributed by atoms with Gasteiger partial charge in [-0.15, -0.1) is 0 Å². The van der Waals surface area contributed by atoms with Gasteiger partial charge < -0.3 is 10.6 Å². The van der Waals surface area contributed by atoms with Crippen molar-refractivity contribution in [2.75, 3.05) is 6.54 Å². The molecule has 2 aromatic carbocycles. The summed E-state index contributed by atoms with van der Waals surface area (Å²) in [4.78, 5) is 36.3. The minimum atomic E-state index is -0.989. The molecule has 6 nitrogen and oxygen atoms in total. The van der Waals surface area contributed by atoms with Crippen LogP contribution in [-0.4, -0.2) is 36.3 Å². The van der Waals surface area contributed by atoms with Crippen LogP contribution in [0.15, 0.2) is 48.5 Å². The first-order valence-electron chi connectivity index (χ1n) is 9.61. The number of nitrogens with one attached hydrogen (secondary N) is 3. The highest BCUT2D eigenvalue weighted by Crippen LogP contribution is 2.08. The van der Waals surface area contributed by atoms with Crippen LogP contribution in [0, 0.1) is 11.6 Å². The molecule has 160 valence electrons. The molecule has 3 amide bonds. The SMILES string of the molecule is C[C@H](NCCc1ccccc1)C(=O)NC(=O)[C@H](C)NC(=O)Cc1cc(F)cc(F)c1. The first-order valence-corrected chi connectivity index (χ1v) is 9.61. The van der Waals surface area contributed by atoms with Crippen LogP contribution in [0.3, 0.4) is 0 Å². The Morgan fingerprint density at radius 1 is 0.867 bits per heavy atom. The summed E-state index contributed by atoms with van der Waals surface area (Å²) in [7, 11) is 0. The lowest BCUT2D eigenvalue weighted by atomic mass is 10.1. The second-order valence-corrected chi connectivity index (χ2v) is 7.01. The van der Waals surface area contributed by atoms with E-state index in [1.54, 1.807) is 6.92 Å². The van der Waals surface area contributed by atoms with Gasteiger partial charge >= 0.3 is 0 Å². The molecule has 30 heavy (non-hydrogen) atoms. The quantitative estimate of drug-likeness (QED) is 0.581. The molecule has 0 aliphatic rings. The second-order valence-electron chi connectivity index (χ2n) is 7.01. The number of carbonyl (C=O) groups is 3. The van der Waals surface area contributed by atoms with Gasteiger partial charge in [-0.2, -0.15) is 0 Å². The molecule has 0 fully saturated rings. The van der Waals surface area contributed by atoms with Gasteiger partial charge in [-0.05, 0) is 50.1 Å². The fraction of sp³-hybridized carbons (Fsp3) is 0.318. The molecule has 0 unspecified atom stereocenters. The number of benzene rings is 2. The van der Waals surface area contributed by atoms with Crippen LogP contribution in [0.5, 0.6) is 0 Å². The average molecular weight is 417 g/mol. The lowest BCUT2D eigenvalue weighted by molar-refractivity contribution is -0.134. The molecule has 0 aliphatic carbocycles. The highest BCUT2D eigenvalue weighted by atomic mass is 19.1. The van der Waals surface area contributed by atoms with Crippen LogP contribution in [-0.2, 0) is 27.2 Å². The van der Waals surface area contributed by atoms with Gasteiger partial charge in [0.1, 0.15) is 17.7 Å². The Bertz CT molecular complexity index is 870. The molecular formula is C22H25F2N3O3. The van der Waals surface area contributed by atoms with E-state index in [2.05, 4.69) is 16.0 Å². The molecule has 0 spiro atoms. The van der Waals surface area contributed by atoms with Crippen molar-refractivity contribution in [2.24, 2.45) is 0 Å². The zero-order valence-electron chi connectivity index (χ0n) is 16.9. The van der Waals surface area contributed by atoms with Crippen LogP contribution in [0.1, 0.15) is 25.0 Å². The lowest BCUT2D eigenvalue weighted by Crippen LogP contribution is -2.51. The number of rotatable bonds is 9. The maximum absolute atomic E-state index is 13.2. The van der Waals surface area contributed by atoms with Crippen molar-refractivity contribution >= 4 is 17.7 Å². The highest BCUT2D eigenvalue weighted by molar-refractivity contribution is 6.00. The van der Waals surface area contributed by atoms with E-state index >= 15 is 0 Å². The summed E-state index contributed by atoms with van der Waals surface area (Å²) in [5.41, 5.74) is 1.27. The van der Waals surface area contributed by atoms with E-state index in [0.717, 1.165) is 24.1 Å². The first-order chi connectivity index (χ1) is 14.2. The van der Waals surface area contributed by atoms with Crippen molar-refractivity contribution in [1.82, 2.24) is 16.0 Å². The van der Waals surface area contributed by atoms with Gasteiger partial charge in [-0.1, -0.05) is 30.3 Å². The lowest BCUT2D eigenvalue weighted by Gasteiger charge is -2.17. The number of imide groups is 1.